The topological polar surface area (TPSA) is 122 Å². The quantitative estimate of drug-likeness (QED) is 0.615. The zero-order chi connectivity index (χ0) is 20.2. The second-order valence-corrected chi connectivity index (χ2v) is 8.84. The number of nitrogens with one attached hydrogen (secondary N) is 2. The first-order valence-corrected chi connectivity index (χ1v) is 10.3. The molecule has 0 heterocycles. The molecule has 0 spiro atoms. The highest BCUT2D eigenvalue weighted by Crippen LogP contribution is 2.33. The van der Waals surface area contributed by atoms with Crippen molar-refractivity contribution in [2.45, 2.75) is 62.4 Å². The van der Waals surface area contributed by atoms with Crippen molar-refractivity contribution < 1.29 is 27.9 Å². The van der Waals surface area contributed by atoms with Crippen LogP contribution in [0.1, 0.15) is 56.3 Å². The Bertz CT molecular complexity index is 813. The van der Waals surface area contributed by atoms with E-state index in [4.69, 9.17) is 4.74 Å². The summed E-state index contributed by atoms with van der Waals surface area (Å²) >= 11 is 0. The number of hydrogen-bond acceptors (Lipinski definition) is 5. The predicted molar refractivity (Wildman–Crippen MR) is 99.4 cm³/mol. The lowest BCUT2D eigenvalue weighted by molar-refractivity contribution is -0.138. The Morgan fingerprint density at radius 2 is 1.89 bits per heavy atom. The van der Waals surface area contributed by atoms with Gasteiger partial charge in [0.2, 0.25) is 10.0 Å². The molecule has 1 aliphatic carbocycles. The molecule has 0 aromatic heterocycles. The van der Waals surface area contributed by atoms with E-state index in [0.29, 0.717) is 12.8 Å². The molecule has 0 unspecified atom stereocenters. The van der Waals surface area contributed by atoms with Crippen molar-refractivity contribution in [3.05, 3.63) is 23.8 Å². The number of methoxy groups -OCH3 is 1. The zero-order valence-corrected chi connectivity index (χ0v) is 16.6. The number of carbonyl (C=O) groups is 2. The van der Waals surface area contributed by atoms with Gasteiger partial charge in [-0.15, -0.1) is 0 Å². The molecular weight excluding hydrogens is 372 g/mol. The summed E-state index contributed by atoms with van der Waals surface area (Å²) in [6.07, 6.45) is 2.69. The predicted octanol–water partition coefficient (Wildman–Crippen LogP) is 1.90. The molecule has 8 nitrogen and oxygen atoms in total. The van der Waals surface area contributed by atoms with Gasteiger partial charge in [-0.1, -0.05) is 12.8 Å². The summed E-state index contributed by atoms with van der Waals surface area (Å²) in [5.41, 5.74) is -0.658. The summed E-state index contributed by atoms with van der Waals surface area (Å²) in [7, 11) is -2.52. The highest BCUT2D eigenvalue weighted by molar-refractivity contribution is 7.89. The van der Waals surface area contributed by atoms with E-state index in [1.165, 1.54) is 25.3 Å². The molecule has 27 heavy (non-hydrogen) atoms. The number of rotatable bonds is 8. The van der Waals surface area contributed by atoms with Crippen LogP contribution in [0.5, 0.6) is 5.75 Å². The number of aliphatic carboxylic acids is 1. The van der Waals surface area contributed by atoms with E-state index >= 15 is 0 Å². The molecule has 150 valence electrons. The minimum Gasteiger partial charge on any atom is -0.495 e. The van der Waals surface area contributed by atoms with Crippen LogP contribution >= 0.6 is 0 Å². The van der Waals surface area contributed by atoms with Crippen LogP contribution in [0.2, 0.25) is 0 Å². The summed E-state index contributed by atoms with van der Waals surface area (Å²) in [6.45, 7) is 3.38. The summed E-state index contributed by atoms with van der Waals surface area (Å²) < 4.78 is 32.7. The van der Waals surface area contributed by atoms with Crippen molar-refractivity contribution in [2.75, 3.05) is 7.11 Å². The van der Waals surface area contributed by atoms with Crippen LogP contribution in [0, 0.1) is 0 Å². The van der Waals surface area contributed by atoms with Crippen LogP contribution in [-0.4, -0.2) is 44.1 Å². The number of carboxylic acid groups (broad SMARTS) is 1. The highest BCUT2D eigenvalue weighted by Gasteiger charge is 2.37. The second kappa shape index (κ2) is 8.26. The minimum absolute atomic E-state index is 0.126. The Labute approximate surface area is 159 Å². The van der Waals surface area contributed by atoms with Gasteiger partial charge in [0.05, 0.1) is 19.1 Å². The third kappa shape index (κ3) is 5.20. The van der Waals surface area contributed by atoms with Crippen LogP contribution in [0.3, 0.4) is 0 Å². The molecule has 1 saturated carbocycles. The molecule has 1 amide bonds. The highest BCUT2D eigenvalue weighted by atomic mass is 32.2. The Morgan fingerprint density at radius 3 is 2.41 bits per heavy atom. The van der Waals surface area contributed by atoms with Gasteiger partial charge in [0, 0.05) is 11.6 Å². The van der Waals surface area contributed by atoms with Crippen molar-refractivity contribution in [3.8, 4) is 5.75 Å². The SMILES string of the molecule is COc1ccc(C(=O)NC2(CC(=O)O)CCCC2)cc1S(=O)(=O)NC(C)C. The van der Waals surface area contributed by atoms with Crippen molar-refractivity contribution in [2.24, 2.45) is 0 Å². The summed E-state index contributed by atoms with van der Waals surface area (Å²) in [5, 5.41) is 12.0. The van der Waals surface area contributed by atoms with Crippen LogP contribution < -0.4 is 14.8 Å². The molecule has 0 aliphatic heterocycles. The van der Waals surface area contributed by atoms with Crippen LogP contribution in [0.25, 0.3) is 0 Å². The van der Waals surface area contributed by atoms with Gasteiger partial charge in [0.15, 0.2) is 0 Å². The van der Waals surface area contributed by atoms with E-state index in [0.717, 1.165) is 12.8 Å². The normalized spacial score (nSPS) is 16.3. The largest absolute Gasteiger partial charge is 0.495 e. The monoisotopic (exact) mass is 398 g/mol. The summed E-state index contributed by atoms with van der Waals surface area (Å²) in [4.78, 5) is 23.8. The molecular formula is C18H26N2O6S. The number of sulfonamides is 1. The molecule has 0 bridgehead atoms. The maximum atomic E-state index is 12.7. The van der Waals surface area contributed by atoms with E-state index in [2.05, 4.69) is 10.0 Å². The maximum absolute atomic E-state index is 12.7. The fourth-order valence-electron chi connectivity index (χ4n) is 3.40. The molecule has 1 aliphatic rings. The Kier molecular flexibility index (Phi) is 6.48. The first-order chi connectivity index (χ1) is 12.6. The van der Waals surface area contributed by atoms with Crippen molar-refractivity contribution in [1.82, 2.24) is 10.0 Å². The van der Waals surface area contributed by atoms with Gasteiger partial charge in [0.1, 0.15) is 10.6 Å². The molecule has 1 fully saturated rings. The number of carbonyl (C=O) groups excluding carboxylic acids is 1. The smallest absolute Gasteiger partial charge is 0.305 e. The lowest BCUT2D eigenvalue weighted by atomic mass is 9.92. The first kappa shape index (κ1) is 21.2. The van der Waals surface area contributed by atoms with Crippen LogP contribution in [0.4, 0.5) is 0 Å². The lowest BCUT2D eigenvalue weighted by Gasteiger charge is -2.28. The average Bonchev–Trinajstić information content (AvgIpc) is 3.00. The summed E-state index contributed by atoms with van der Waals surface area (Å²) in [5.74, 6) is -1.35. The Hall–Kier alpha value is -2.13. The number of benzene rings is 1. The van der Waals surface area contributed by atoms with Gasteiger partial charge < -0.3 is 15.2 Å². The van der Waals surface area contributed by atoms with E-state index in [1.807, 2.05) is 0 Å². The molecule has 9 heteroatoms. The standard InChI is InChI=1S/C18H26N2O6S/c1-12(2)20-27(24,25)15-10-13(6-7-14(15)26-3)17(23)19-18(11-16(21)22)8-4-5-9-18/h6-7,10,12,20H,4-5,8-9,11H2,1-3H3,(H,19,23)(H,21,22). The number of amides is 1. The fourth-order valence-corrected chi connectivity index (χ4v) is 4.85. The molecule has 1 aromatic carbocycles. The van der Waals surface area contributed by atoms with E-state index in [1.54, 1.807) is 13.8 Å². The zero-order valence-electron chi connectivity index (χ0n) is 15.7. The van der Waals surface area contributed by atoms with E-state index in [-0.39, 0.29) is 28.7 Å². The Balaban J connectivity index is 2.34. The number of carboxylic acids is 1. The van der Waals surface area contributed by atoms with Crippen LogP contribution in [0.15, 0.2) is 23.1 Å². The molecule has 2 rings (SSSR count). The van der Waals surface area contributed by atoms with Crippen LogP contribution in [-0.2, 0) is 14.8 Å². The maximum Gasteiger partial charge on any atom is 0.305 e. The van der Waals surface area contributed by atoms with Crippen molar-refractivity contribution in [3.63, 3.8) is 0 Å². The molecule has 3 N–H and O–H groups in total. The van der Waals surface area contributed by atoms with Crippen molar-refractivity contribution in [1.29, 1.82) is 0 Å². The minimum atomic E-state index is -3.87. The number of hydrogen-bond donors (Lipinski definition) is 3. The van der Waals surface area contributed by atoms with Gasteiger partial charge in [0.25, 0.3) is 5.91 Å². The Morgan fingerprint density at radius 1 is 1.26 bits per heavy atom. The fraction of sp³-hybridized carbons (Fsp3) is 0.556. The molecule has 1 aromatic rings. The van der Waals surface area contributed by atoms with E-state index in [9.17, 15) is 23.1 Å². The molecule has 0 atom stereocenters. The van der Waals surface area contributed by atoms with Gasteiger partial charge >= 0.3 is 5.97 Å². The molecule has 0 radical (unpaired) electrons. The molecule has 0 saturated heterocycles. The van der Waals surface area contributed by atoms with Gasteiger partial charge in [-0.05, 0) is 44.9 Å². The van der Waals surface area contributed by atoms with Gasteiger partial charge in [-0.2, -0.15) is 0 Å². The summed E-state index contributed by atoms with van der Waals surface area (Å²) in [6, 6.07) is 3.81. The van der Waals surface area contributed by atoms with E-state index < -0.39 is 27.4 Å². The third-order valence-electron chi connectivity index (χ3n) is 4.54. The van der Waals surface area contributed by atoms with Gasteiger partial charge in [-0.25, -0.2) is 13.1 Å². The second-order valence-electron chi connectivity index (χ2n) is 7.15. The van der Waals surface area contributed by atoms with Gasteiger partial charge in [-0.3, -0.25) is 9.59 Å². The average molecular weight is 398 g/mol. The van der Waals surface area contributed by atoms with Crippen molar-refractivity contribution >= 4 is 21.9 Å². The first-order valence-electron chi connectivity index (χ1n) is 8.83. The number of ether oxygens (including phenoxy) is 1. The third-order valence-corrected chi connectivity index (χ3v) is 6.21. The lowest BCUT2D eigenvalue weighted by Crippen LogP contribution is -2.47.